The Kier molecular flexibility index (Phi) is 3.11. The predicted molar refractivity (Wildman–Crippen MR) is 63.0 cm³/mol. The minimum absolute atomic E-state index is 0.139. The molecule has 1 saturated carbocycles. The highest BCUT2D eigenvalue weighted by Gasteiger charge is 2.24. The number of hydrogen-bond acceptors (Lipinski definition) is 1. The molecule has 0 radical (unpaired) electrons. The Labute approximate surface area is 92.1 Å². The SMILES string of the molecule is Cc1ccc(CC(O)CC2CC2)cc1C. The monoisotopic (exact) mass is 204 g/mol. The molecule has 0 amide bonds. The van der Waals surface area contributed by atoms with Crippen LogP contribution in [0.25, 0.3) is 0 Å². The lowest BCUT2D eigenvalue weighted by atomic mass is 10.00. The summed E-state index contributed by atoms with van der Waals surface area (Å²) in [5.74, 6) is 0.812. The molecule has 0 spiro atoms. The van der Waals surface area contributed by atoms with Gasteiger partial charge in [-0.3, -0.25) is 0 Å². The van der Waals surface area contributed by atoms with E-state index in [0.29, 0.717) is 0 Å². The van der Waals surface area contributed by atoms with Gasteiger partial charge in [0.25, 0.3) is 0 Å². The summed E-state index contributed by atoms with van der Waals surface area (Å²) in [6.45, 7) is 4.26. The average molecular weight is 204 g/mol. The standard InChI is InChI=1S/C14H20O/c1-10-3-4-13(7-11(10)2)9-14(15)8-12-5-6-12/h3-4,7,12,14-15H,5-6,8-9H2,1-2H3. The minimum atomic E-state index is -0.139. The second-order valence-corrected chi connectivity index (χ2v) is 4.96. The number of rotatable bonds is 4. The lowest BCUT2D eigenvalue weighted by Crippen LogP contribution is -2.11. The Morgan fingerprint density at radius 2 is 2.00 bits per heavy atom. The molecule has 0 heterocycles. The van der Waals surface area contributed by atoms with Crippen molar-refractivity contribution in [2.24, 2.45) is 5.92 Å². The van der Waals surface area contributed by atoms with Gasteiger partial charge in [-0.1, -0.05) is 31.0 Å². The largest absolute Gasteiger partial charge is 0.393 e. The van der Waals surface area contributed by atoms with Crippen LogP contribution in [0.5, 0.6) is 0 Å². The summed E-state index contributed by atoms with van der Waals surface area (Å²) in [6, 6.07) is 6.48. The van der Waals surface area contributed by atoms with Crippen LogP contribution in [0, 0.1) is 19.8 Å². The van der Waals surface area contributed by atoms with E-state index in [-0.39, 0.29) is 6.10 Å². The summed E-state index contributed by atoms with van der Waals surface area (Å²) < 4.78 is 0. The highest BCUT2D eigenvalue weighted by atomic mass is 16.3. The van der Waals surface area contributed by atoms with Gasteiger partial charge in [0.2, 0.25) is 0 Å². The summed E-state index contributed by atoms with van der Waals surface area (Å²) >= 11 is 0. The second kappa shape index (κ2) is 4.36. The highest BCUT2D eigenvalue weighted by molar-refractivity contribution is 5.30. The maximum atomic E-state index is 9.87. The predicted octanol–water partition coefficient (Wildman–Crippen LogP) is 3.01. The van der Waals surface area contributed by atoms with Crippen LogP contribution in [0.1, 0.15) is 36.0 Å². The molecule has 0 aromatic heterocycles. The number of aliphatic hydroxyl groups excluding tert-OH is 1. The van der Waals surface area contributed by atoms with Gasteiger partial charge in [-0.2, -0.15) is 0 Å². The van der Waals surface area contributed by atoms with Crippen molar-refractivity contribution >= 4 is 0 Å². The summed E-state index contributed by atoms with van der Waals surface area (Å²) in [5.41, 5.74) is 3.92. The molecular formula is C14H20O. The molecule has 1 heteroatoms. The van der Waals surface area contributed by atoms with Gasteiger partial charge in [-0.05, 0) is 49.3 Å². The summed E-state index contributed by atoms with van der Waals surface area (Å²) in [4.78, 5) is 0. The quantitative estimate of drug-likeness (QED) is 0.799. The van der Waals surface area contributed by atoms with Crippen molar-refractivity contribution in [2.75, 3.05) is 0 Å². The second-order valence-electron chi connectivity index (χ2n) is 4.96. The molecule has 0 aliphatic heterocycles. The maximum absolute atomic E-state index is 9.87. The van der Waals surface area contributed by atoms with E-state index in [1.807, 2.05) is 0 Å². The van der Waals surface area contributed by atoms with Crippen molar-refractivity contribution in [3.05, 3.63) is 34.9 Å². The van der Waals surface area contributed by atoms with E-state index in [1.54, 1.807) is 0 Å². The van der Waals surface area contributed by atoms with E-state index in [2.05, 4.69) is 32.0 Å². The van der Waals surface area contributed by atoms with E-state index in [4.69, 9.17) is 0 Å². The molecule has 1 aromatic carbocycles. The molecule has 1 N–H and O–H groups in total. The lowest BCUT2D eigenvalue weighted by molar-refractivity contribution is 0.158. The van der Waals surface area contributed by atoms with E-state index >= 15 is 0 Å². The Balaban J connectivity index is 1.93. The van der Waals surface area contributed by atoms with Crippen LogP contribution in [-0.4, -0.2) is 11.2 Å². The van der Waals surface area contributed by atoms with Crippen molar-refractivity contribution in [3.63, 3.8) is 0 Å². The molecule has 1 fully saturated rings. The number of hydrogen-bond donors (Lipinski definition) is 1. The van der Waals surface area contributed by atoms with Crippen LogP contribution < -0.4 is 0 Å². The molecular weight excluding hydrogens is 184 g/mol. The zero-order chi connectivity index (χ0) is 10.8. The third-order valence-corrected chi connectivity index (χ3v) is 3.34. The van der Waals surface area contributed by atoms with Crippen LogP contribution in [0.3, 0.4) is 0 Å². The first-order valence-corrected chi connectivity index (χ1v) is 5.89. The first-order valence-electron chi connectivity index (χ1n) is 5.89. The zero-order valence-corrected chi connectivity index (χ0v) is 9.66. The van der Waals surface area contributed by atoms with Gasteiger partial charge in [-0.25, -0.2) is 0 Å². The molecule has 1 aromatic rings. The highest BCUT2D eigenvalue weighted by Crippen LogP contribution is 2.34. The van der Waals surface area contributed by atoms with Gasteiger partial charge in [0.05, 0.1) is 6.10 Å². The van der Waals surface area contributed by atoms with Crippen LogP contribution in [0.2, 0.25) is 0 Å². The number of aryl methyl sites for hydroxylation is 2. The van der Waals surface area contributed by atoms with Crippen molar-refractivity contribution in [1.82, 2.24) is 0 Å². The fraction of sp³-hybridized carbons (Fsp3) is 0.571. The Hall–Kier alpha value is -0.820. The van der Waals surface area contributed by atoms with Crippen LogP contribution in [-0.2, 0) is 6.42 Å². The van der Waals surface area contributed by atoms with Gasteiger partial charge in [-0.15, -0.1) is 0 Å². The van der Waals surface area contributed by atoms with Crippen LogP contribution >= 0.6 is 0 Å². The molecule has 0 bridgehead atoms. The van der Waals surface area contributed by atoms with Crippen LogP contribution in [0.15, 0.2) is 18.2 Å². The molecule has 82 valence electrons. The molecule has 1 aliphatic rings. The maximum Gasteiger partial charge on any atom is 0.0583 e. The Morgan fingerprint density at radius 1 is 1.27 bits per heavy atom. The first kappa shape index (κ1) is 10.7. The molecule has 1 unspecified atom stereocenters. The van der Waals surface area contributed by atoms with Gasteiger partial charge < -0.3 is 5.11 Å². The lowest BCUT2D eigenvalue weighted by Gasteiger charge is -2.11. The molecule has 15 heavy (non-hydrogen) atoms. The molecule has 0 saturated heterocycles. The number of aliphatic hydroxyl groups is 1. The molecule has 1 aliphatic carbocycles. The summed E-state index contributed by atoms with van der Waals surface area (Å²) in [5, 5.41) is 9.87. The van der Waals surface area contributed by atoms with Gasteiger partial charge in [0, 0.05) is 0 Å². The van der Waals surface area contributed by atoms with Gasteiger partial charge in [0.15, 0.2) is 0 Å². The summed E-state index contributed by atoms with van der Waals surface area (Å²) in [7, 11) is 0. The normalized spacial score (nSPS) is 17.8. The van der Waals surface area contributed by atoms with Crippen molar-refractivity contribution in [3.8, 4) is 0 Å². The smallest absolute Gasteiger partial charge is 0.0583 e. The third-order valence-electron chi connectivity index (χ3n) is 3.34. The van der Waals surface area contributed by atoms with Gasteiger partial charge in [0.1, 0.15) is 0 Å². The van der Waals surface area contributed by atoms with E-state index < -0.39 is 0 Å². The van der Waals surface area contributed by atoms with Gasteiger partial charge >= 0.3 is 0 Å². The Morgan fingerprint density at radius 3 is 2.60 bits per heavy atom. The van der Waals surface area contributed by atoms with E-state index in [9.17, 15) is 5.11 Å². The molecule has 1 nitrogen and oxygen atoms in total. The van der Waals surface area contributed by atoms with Crippen molar-refractivity contribution < 1.29 is 5.11 Å². The fourth-order valence-electron chi connectivity index (χ4n) is 2.02. The van der Waals surface area contributed by atoms with Crippen molar-refractivity contribution in [1.29, 1.82) is 0 Å². The topological polar surface area (TPSA) is 20.2 Å². The Bertz CT molecular complexity index is 339. The molecule has 2 rings (SSSR count). The fourth-order valence-corrected chi connectivity index (χ4v) is 2.02. The first-order chi connectivity index (χ1) is 7.15. The average Bonchev–Trinajstić information content (AvgIpc) is 2.95. The van der Waals surface area contributed by atoms with Crippen LogP contribution in [0.4, 0.5) is 0 Å². The third kappa shape index (κ3) is 3.07. The van der Waals surface area contributed by atoms with Crippen molar-refractivity contribution in [2.45, 2.75) is 45.6 Å². The van der Waals surface area contributed by atoms with E-state index in [1.165, 1.54) is 29.5 Å². The van der Waals surface area contributed by atoms with E-state index in [0.717, 1.165) is 18.8 Å². The molecule has 1 atom stereocenters. The summed E-state index contributed by atoms with van der Waals surface area (Å²) in [6.07, 6.45) is 4.32. The minimum Gasteiger partial charge on any atom is -0.393 e. The number of benzene rings is 1. The zero-order valence-electron chi connectivity index (χ0n) is 9.66.